The average Bonchev–Trinajstić information content (AvgIpc) is 3.12. The van der Waals surface area contributed by atoms with Crippen LogP contribution in [0.1, 0.15) is 36.8 Å². The van der Waals surface area contributed by atoms with Crippen molar-refractivity contribution in [2.45, 2.75) is 51.5 Å². The molecule has 9 heteroatoms. The van der Waals surface area contributed by atoms with Gasteiger partial charge in [0.2, 0.25) is 15.9 Å². The third-order valence-corrected chi connectivity index (χ3v) is 8.79. The van der Waals surface area contributed by atoms with Gasteiger partial charge in [-0.2, -0.15) is 4.31 Å². The van der Waals surface area contributed by atoms with Crippen LogP contribution in [-0.4, -0.2) is 67.5 Å². The van der Waals surface area contributed by atoms with Gasteiger partial charge in [0.15, 0.2) is 5.76 Å². The number of amides is 1. The Kier molecular flexibility index (Phi) is 6.31. The van der Waals surface area contributed by atoms with Crippen LogP contribution in [0.15, 0.2) is 33.7 Å². The van der Waals surface area contributed by atoms with Crippen LogP contribution < -0.4 is 4.90 Å². The summed E-state index contributed by atoms with van der Waals surface area (Å²) in [6, 6.07) is 8.69. The Labute approximate surface area is 190 Å². The Morgan fingerprint density at radius 2 is 1.81 bits per heavy atom. The number of piperidine rings is 1. The standard InChI is InChI=1S/C23H32N4O4S/c1-16-6-5-7-21(14-16)27-13-12-25(15-17(27)2)23(28)20-8-10-26(11-9-20)32(29,30)22-18(3)24-31-19(22)4/h5-7,14,17,20H,8-13,15H2,1-4H3/t17-/m1/s1. The van der Waals surface area contributed by atoms with Crippen molar-refractivity contribution in [1.82, 2.24) is 14.4 Å². The van der Waals surface area contributed by atoms with Gasteiger partial charge in [0.25, 0.3) is 0 Å². The number of sulfonamides is 1. The number of aromatic nitrogens is 1. The maximum absolute atomic E-state index is 13.2. The zero-order chi connectivity index (χ0) is 23.0. The number of carbonyl (C=O) groups is 1. The predicted octanol–water partition coefficient (Wildman–Crippen LogP) is 2.74. The van der Waals surface area contributed by atoms with E-state index in [1.165, 1.54) is 15.6 Å². The molecule has 0 unspecified atom stereocenters. The van der Waals surface area contributed by atoms with E-state index in [2.05, 4.69) is 48.2 Å². The van der Waals surface area contributed by atoms with Gasteiger partial charge < -0.3 is 14.3 Å². The summed E-state index contributed by atoms with van der Waals surface area (Å²) >= 11 is 0. The monoisotopic (exact) mass is 460 g/mol. The molecule has 0 aliphatic carbocycles. The van der Waals surface area contributed by atoms with Crippen molar-refractivity contribution < 1.29 is 17.7 Å². The van der Waals surface area contributed by atoms with Crippen molar-refractivity contribution in [2.75, 3.05) is 37.6 Å². The highest BCUT2D eigenvalue weighted by molar-refractivity contribution is 7.89. The topological polar surface area (TPSA) is 87.0 Å². The van der Waals surface area contributed by atoms with Gasteiger partial charge in [-0.25, -0.2) is 8.42 Å². The van der Waals surface area contributed by atoms with Gasteiger partial charge in [-0.05, 0) is 58.2 Å². The molecule has 2 aliphatic rings. The molecule has 8 nitrogen and oxygen atoms in total. The highest BCUT2D eigenvalue weighted by Gasteiger charge is 2.37. The Morgan fingerprint density at radius 1 is 1.09 bits per heavy atom. The van der Waals surface area contributed by atoms with Gasteiger partial charge in [0.05, 0.1) is 0 Å². The lowest BCUT2D eigenvalue weighted by Gasteiger charge is -2.43. The lowest BCUT2D eigenvalue weighted by Crippen LogP contribution is -2.55. The molecule has 2 saturated heterocycles. The number of aryl methyl sites for hydroxylation is 3. The Hall–Kier alpha value is -2.39. The largest absolute Gasteiger partial charge is 0.365 e. The molecule has 2 aliphatic heterocycles. The predicted molar refractivity (Wildman–Crippen MR) is 122 cm³/mol. The van der Waals surface area contributed by atoms with Crippen LogP contribution in [0.4, 0.5) is 5.69 Å². The van der Waals surface area contributed by atoms with E-state index in [0.29, 0.717) is 50.5 Å². The molecule has 32 heavy (non-hydrogen) atoms. The molecular weight excluding hydrogens is 428 g/mol. The number of hydrogen-bond donors (Lipinski definition) is 0. The van der Waals surface area contributed by atoms with Crippen molar-refractivity contribution in [3.05, 3.63) is 41.3 Å². The average molecular weight is 461 g/mol. The molecule has 0 saturated carbocycles. The summed E-state index contributed by atoms with van der Waals surface area (Å²) in [6.07, 6.45) is 1.07. The summed E-state index contributed by atoms with van der Waals surface area (Å²) in [6.45, 7) is 10.3. The van der Waals surface area contributed by atoms with Gasteiger partial charge in [-0.1, -0.05) is 17.3 Å². The zero-order valence-corrected chi connectivity index (χ0v) is 20.1. The fourth-order valence-corrected chi connectivity index (χ4v) is 6.68. The van der Waals surface area contributed by atoms with E-state index >= 15 is 0 Å². The van der Waals surface area contributed by atoms with Crippen molar-refractivity contribution >= 4 is 21.6 Å². The minimum Gasteiger partial charge on any atom is -0.365 e. The molecule has 2 fully saturated rings. The quantitative estimate of drug-likeness (QED) is 0.697. The van der Waals surface area contributed by atoms with E-state index in [1.807, 2.05) is 4.90 Å². The third kappa shape index (κ3) is 4.28. The van der Waals surface area contributed by atoms with E-state index in [1.54, 1.807) is 13.8 Å². The fourth-order valence-electron chi connectivity index (χ4n) is 4.92. The molecule has 1 atom stereocenters. The first kappa shape index (κ1) is 22.8. The molecule has 4 rings (SSSR count). The maximum atomic E-state index is 13.2. The maximum Gasteiger partial charge on any atom is 0.248 e. The lowest BCUT2D eigenvalue weighted by molar-refractivity contribution is -0.137. The Balaban J connectivity index is 1.36. The summed E-state index contributed by atoms with van der Waals surface area (Å²) in [5, 5.41) is 3.78. The van der Waals surface area contributed by atoms with Gasteiger partial charge in [0.1, 0.15) is 10.6 Å². The number of carbonyl (C=O) groups excluding carboxylic acids is 1. The van der Waals surface area contributed by atoms with E-state index in [0.717, 1.165) is 6.54 Å². The lowest BCUT2D eigenvalue weighted by atomic mass is 9.95. The van der Waals surface area contributed by atoms with Crippen molar-refractivity contribution in [3.63, 3.8) is 0 Å². The second-order valence-corrected chi connectivity index (χ2v) is 10.9. The highest BCUT2D eigenvalue weighted by Crippen LogP contribution is 2.29. The molecule has 1 aromatic heterocycles. The second-order valence-electron chi connectivity index (χ2n) is 9.00. The van der Waals surface area contributed by atoms with Gasteiger partial charge in [-0.3, -0.25) is 4.79 Å². The fraction of sp³-hybridized carbons (Fsp3) is 0.565. The van der Waals surface area contributed by atoms with E-state index in [4.69, 9.17) is 4.52 Å². The first-order chi connectivity index (χ1) is 15.2. The van der Waals surface area contributed by atoms with Crippen molar-refractivity contribution in [1.29, 1.82) is 0 Å². The highest BCUT2D eigenvalue weighted by atomic mass is 32.2. The number of hydrogen-bond acceptors (Lipinski definition) is 6. The summed E-state index contributed by atoms with van der Waals surface area (Å²) in [5.74, 6) is 0.320. The summed E-state index contributed by atoms with van der Waals surface area (Å²) in [4.78, 5) is 17.7. The molecule has 0 spiro atoms. The molecule has 1 aromatic carbocycles. The summed E-state index contributed by atoms with van der Waals surface area (Å²) in [5.41, 5.74) is 2.80. The number of anilines is 1. The van der Waals surface area contributed by atoms with E-state index < -0.39 is 10.0 Å². The Morgan fingerprint density at radius 3 is 2.41 bits per heavy atom. The molecule has 0 N–H and O–H groups in total. The minimum absolute atomic E-state index is 0.135. The van der Waals surface area contributed by atoms with E-state index in [9.17, 15) is 13.2 Å². The zero-order valence-electron chi connectivity index (χ0n) is 19.2. The second kappa shape index (κ2) is 8.86. The van der Waals surface area contributed by atoms with Crippen LogP contribution in [0.5, 0.6) is 0 Å². The minimum atomic E-state index is -3.66. The van der Waals surface area contributed by atoms with Crippen molar-refractivity contribution in [2.24, 2.45) is 5.92 Å². The SMILES string of the molecule is Cc1cccc(N2CCN(C(=O)C3CCN(S(=O)(=O)c4c(C)noc4C)CC3)C[C@H]2C)c1. The van der Waals surface area contributed by atoms with Gasteiger partial charge >= 0.3 is 0 Å². The molecule has 0 radical (unpaired) electrons. The summed E-state index contributed by atoms with van der Waals surface area (Å²) in [7, 11) is -3.66. The smallest absolute Gasteiger partial charge is 0.248 e. The first-order valence-corrected chi connectivity index (χ1v) is 12.7. The van der Waals surface area contributed by atoms with Crippen LogP contribution in [0.2, 0.25) is 0 Å². The number of benzene rings is 1. The van der Waals surface area contributed by atoms with Crippen molar-refractivity contribution in [3.8, 4) is 0 Å². The first-order valence-electron chi connectivity index (χ1n) is 11.2. The number of rotatable bonds is 4. The third-order valence-electron chi connectivity index (χ3n) is 6.64. The molecular formula is C23H32N4O4S. The van der Waals surface area contributed by atoms with E-state index in [-0.39, 0.29) is 22.8 Å². The molecule has 0 bridgehead atoms. The molecule has 174 valence electrons. The number of piperazine rings is 1. The van der Waals surface area contributed by atoms with Crippen LogP contribution in [-0.2, 0) is 14.8 Å². The number of nitrogens with zero attached hydrogens (tertiary/aromatic N) is 4. The van der Waals surface area contributed by atoms with Crippen LogP contribution >= 0.6 is 0 Å². The van der Waals surface area contributed by atoms with Crippen LogP contribution in [0, 0.1) is 26.7 Å². The van der Waals surface area contributed by atoms with Crippen LogP contribution in [0.25, 0.3) is 0 Å². The van der Waals surface area contributed by atoms with Gasteiger partial charge in [0, 0.05) is 50.4 Å². The van der Waals surface area contributed by atoms with Crippen LogP contribution in [0.3, 0.4) is 0 Å². The molecule has 3 heterocycles. The van der Waals surface area contributed by atoms with Gasteiger partial charge in [-0.15, -0.1) is 0 Å². The summed E-state index contributed by atoms with van der Waals surface area (Å²) < 4.78 is 32.6. The Bertz CT molecular complexity index is 1070. The normalized spacial score (nSPS) is 21.2. The molecule has 2 aromatic rings. The molecule has 1 amide bonds.